The van der Waals surface area contributed by atoms with Crippen molar-refractivity contribution in [1.82, 2.24) is 0 Å². The van der Waals surface area contributed by atoms with Crippen molar-refractivity contribution < 1.29 is 40.2 Å². The first kappa shape index (κ1) is 20.1. The summed E-state index contributed by atoms with van der Waals surface area (Å²) in [4.78, 5) is 12.5. The molecule has 8 heteroatoms. The van der Waals surface area contributed by atoms with E-state index in [-0.39, 0.29) is 40.4 Å². The standard InChI is InChI=1S/C21H20O8/c1-3-10-11(7-15(25)20(28)18(10)19(27)13(23)4-2)21-16(26)8-12-14(24)5-9(22)6-17(12)29-21/h3-7,16,21-26,28H,1,8H2,2H3/b13-4+/t16-,21-/m1/s1. The van der Waals surface area contributed by atoms with Crippen LogP contribution in [-0.2, 0) is 6.42 Å². The molecule has 1 aliphatic heterocycles. The van der Waals surface area contributed by atoms with Crippen molar-refractivity contribution in [2.24, 2.45) is 0 Å². The third-order valence-corrected chi connectivity index (χ3v) is 4.78. The third-order valence-electron chi connectivity index (χ3n) is 4.78. The Morgan fingerprint density at radius 1 is 1.17 bits per heavy atom. The van der Waals surface area contributed by atoms with E-state index >= 15 is 0 Å². The number of fused-ring (bicyclic) bond motifs is 1. The predicted octanol–water partition coefficient (Wildman–Crippen LogP) is 2.83. The molecule has 0 spiro atoms. The summed E-state index contributed by atoms with van der Waals surface area (Å²) >= 11 is 0. The monoisotopic (exact) mass is 400 g/mol. The number of hydrogen-bond donors (Lipinski definition) is 6. The van der Waals surface area contributed by atoms with Gasteiger partial charge in [0.1, 0.15) is 17.2 Å². The topological polar surface area (TPSA) is 148 Å². The molecule has 0 saturated heterocycles. The number of carbonyl (C=O) groups excluding carboxylic acids is 1. The van der Waals surface area contributed by atoms with Gasteiger partial charge in [-0.15, -0.1) is 0 Å². The molecular formula is C21H20O8. The van der Waals surface area contributed by atoms with Crippen LogP contribution in [0.25, 0.3) is 6.08 Å². The van der Waals surface area contributed by atoms with Gasteiger partial charge in [-0.05, 0) is 24.6 Å². The molecule has 0 aromatic heterocycles. The number of aromatic hydroxyl groups is 4. The van der Waals surface area contributed by atoms with Gasteiger partial charge in [-0.2, -0.15) is 0 Å². The number of phenols is 4. The lowest BCUT2D eigenvalue weighted by atomic mass is 9.87. The van der Waals surface area contributed by atoms with Crippen LogP contribution in [0.15, 0.2) is 36.6 Å². The van der Waals surface area contributed by atoms with Crippen molar-refractivity contribution in [3.63, 3.8) is 0 Å². The van der Waals surface area contributed by atoms with Gasteiger partial charge in [0.25, 0.3) is 0 Å². The Morgan fingerprint density at radius 2 is 1.86 bits per heavy atom. The Hall–Kier alpha value is -3.65. The molecule has 0 amide bonds. The number of carbonyl (C=O) groups is 1. The lowest BCUT2D eigenvalue weighted by Crippen LogP contribution is -2.31. The molecule has 3 rings (SSSR count). The maximum absolute atomic E-state index is 12.5. The molecule has 2 atom stereocenters. The Labute approximate surface area is 165 Å². The van der Waals surface area contributed by atoms with Crippen LogP contribution in [0.4, 0.5) is 0 Å². The smallest absolute Gasteiger partial charge is 0.231 e. The lowest BCUT2D eigenvalue weighted by molar-refractivity contribution is 0.0195. The lowest BCUT2D eigenvalue weighted by Gasteiger charge is -2.32. The molecule has 0 bridgehead atoms. The van der Waals surface area contributed by atoms with Gasteiger partial charge in [0.15, 0.2) is 23.4 Å². The summed E-state index contributed by atoms with van der Waals surface area (Å²) in [6, 6.07) is 3.50. The summed E-state index contributed by atoms with van der Waals surface area (Å²) in [5.41, 5.74) is 0.0719. The first-order valence-corrected chi connectivity index (χ1v) is 8.70. The van der Waals surface area contributed by atoms with Crippen molar-refractivity contribution in [3.8, 4) is 28.7 Å². The minimum Gasteiger partial charge on any atom is -0.508 e. The van der Waals surface area contributed by atoms with Crippen molar-refractivity contribution in [2.75, 3.05) is 0 Å². The highest BCUT2D eigenvalue weighted by molar-refractivity contribution is 6.11. The van der Waals surface area contributed by atoms with Crippen molar-refractivity contribution in [1.29, 1.82) is 0 Å². The van der Waals surface area contributed by atoms with Gasteiger partial charge >= 0.3 is 0 Å². The van der Waals surface area contributed by atoms with E-state index in [9.17, 15) is 35.4 Å². The zero-order valence-electron chi connectivity index (χ0n) is 15.5. The first-order chi connectivity index (χ1) is 13.7. The molecule has 1 aliphatic rings. The van der Waals surface area contributed by atoms with Crippen LogP contribution < -0.4 is 4.74 Å². The van der Waals surface area contributed by atoms with Gasteiger partial charge in [0.2, 0.25) is 5.78 Å². The van der Waals surface area contributed by atoms with E-state index < -0.39 is 40.8 Å². The molecule has 2 aromatic carbocycles. The molecular weight excluding hydrogens is 380 g/mol. The number of Topliss-reactive ketones (excluding diaryl/α,β-unsaturated/α-hetero) is 1. The molecule has 29 heavy (non-hydrogen) atoms. The van der Waals surface area contributed by atoms with Crippen molar-refractivity contribution >= 4 is 11.9 Å². The number of benzene rings is 2. The average molecular weight is 400 g/mol. The van der Waals surface area contributed by atoms with Gasteiger partial charge in [-0.1, -0.05) is 12.7 Å². The fourth-order valence-corrected chi connectivity index (χ4v) is 3.37. The molecule has 6 N–H and O–H groups in total. The van der Waals surface area contributed by atoms with E-state index in [2.05, 4.69) is 6.58 Å². The summed E-state index contributed by atoms with van der Waals surface area (Å²) in [7, 11) is 0. The van der Waals surface area contributed by atoms with Gasteiger partial charge in [-0.25, -0.2) is 0 Å². The highest BCUT2D eigenvalue weighted by Gasteiger charge is 2.36. The molecule has 0 unspecified atom stereocenters. The quantitative estimate of drug-likeness (QED) is 0.199. The SMILES string of the molecule is C=Cc1c([C@H]2Oc3cc(O)cc(O)c3C[C@H]2O)cc(O)c(O)c1C(=O)/C(O)=C\C. The second kappa shape index (κ2) is 7.40. The highest BCUT2D eigenvalue weighted by atomic mass is 16.5. The number of phenolic OH excluding ortho intramolecular Hbond substituents is 4. The molecule has 152 valence electrons. The average Bonchev–Trinajstić information content (AvgIpc) is 2.68. The molecule has 1 heterocycles. The molecule has 0 aliphatic carbocycles. The van der Waals surface area contributed by atoms with Crippen LogP contribution in [-0.4, -0.2) is 42.5 Å². The fourth-order valence-electron chi connectivity index (χ4n) is 3.37. The van der Waals surface area contributed by atoms with Gasteiger partial charge < -0.3 is 35.4 Å². The van der Waals surface area contributed by atoms with E-state index in [1.165, 1.54) is 19.1 Å². The van der Waals surface area contributed by atoms with Crippen molar-refractivity contribution in [2.45, 2.75) is 25.6 Å². The third kappa shape index (κ3) is 3.34. The summed E-state index contributed by atoms with van der Waals surface area (Å²) in [5, 5.41) is 60.5. The second-order valence-electron chi connectivity index (χ2n) is 6.58. The van der Waals surface area contributed by atoms with Gasteiger partial charge in [0, 0.05) is 29.7 Å². The molecule has 0 saturated carbocycles. The van der Waals surface area contributed by atoms with Gasteiger partial charge in [0.05, 0.1) is 11.7 Å². The molecule has 0 fully saturated rings. The summed E-state index contributed by atoms with van der Waals surface area (Å²) in [6.07, 6.45) is 0.0112. The summed E-state index contributed by atoms with van der Waals surface area (Å²) in [6.45, 7) is 5.04. The van der Waals surface area contributed by atoms with E-state index in [1.807, 2.05) is 0 Å². The number of aliphatic hydroxyl groups excluding tert-OH is 2. The van der Waals surface area contributed by atoms with E-state index in [1.54, 1.807) is 0 Å². The van der Waals surface area contributed by atoms with Gasteiger partial charge in [-0.3, -0.25) is 4.79 Å². The number of rotatable bonds is 4. The zero-order chi connectivity index (χ0) is 21.5. The normalized spacial score (nSPS) is 18.6. The fraction of sp³-hybridized carbons (Fsp3) is 0.190. The number of ketones is 1. The predicted molar refractivity (Wildman–Crippen MR) is 103 cm³/mol. The molecule has 0 radical (unpaired) electrons. The van der Waals surface area contributed by atoms with Crippen LogP contribution in [0.2, 0.25) is 0 Å². The second-order valence-corrected chi connectivity index (χ2v) is 6.58. The van der Waals surface area contributed by atoms with Crippen LogP contribution in [0, 0.1) is 0 Å². The first-order valence-electron chi connectivity index (χ1n) is 8.70. The van der Waals surface area contributed by atoms with Crippen LogP contribution in [0.5, 0.6) is 28.7 Å². The van der Waals surface area contributed by atoms with Crippen LogP contribution in [0.3, 0.4) is 0 Å². The Kier molecular flexibility index (Phi) is 5.13. The zero-order valence-corrected chi connectivity index (χ0v) is 15.5. The van der Waals surface area contributed by atoms with E-state index in [0.717, 1.165) is 18.2 Å². The van der Waals surface area contributed by atoms with Crippen LogP contribution in [0.1, 0.15) is 40.1 Å². The van der Waals surface area contributed by atoms with E-state index in [0.29, 0.717) is 0 Å². The number of hydrogen-bond acceptors (Lipinski definition) is 8. The summed E-state index contributed by atoms with van der Waals surface area (Å²) < 4.78 is 5.75. The number of aliphatic hydroxyl groups is 2. The summed E-state index contributed by atoms with van der Waals surface area (Å²) in [5.74, 6) is -3.37. The van der Waals surface area contributed by atoms with Crippen molar-refractivity contribution in [3.05, 3.63) is 58.9 Å². The number of allylic oxidation sites excluding steroid dienone is 2. The maximum atomic E-state index is 12.5. The Bertz CT molecular complexity index is 1040. The maximum Gasteiger partial charge on any atom is 0.231 e. The molecule has 8 nitrogen and oxygen atoms in total. The Morgan fingerprint density at radius 3 is 2.48 bits per heavy atom. The number of ether oxygens (including phenoxy) is 1. The van der Waals surface area contributed by atoms with E-state index in [4.69, 9.17) is 4.74 Å². The Balaban J connectivity index is 2.19. The largest absolute Gasteiger partial charge is 0.508 e. The minimum absolute atomic E-state index is 0.0340. The highest BCUT2D eigenvalue weighted by Crippen LogP contribution is 2.45. The van der Waals surface area contributed by atoms with Crippen LogP contribution >= 0.6 is 0 Å². The minimum atomic E-state index is -1.20. The molecule has 2 aromatic rings.